The molecule has 0 bridgehead atoms. The summed E-state index contributed by atoms with van der Waals surface area (Å²) in [5, 5.41) is 5.60. The fourth-order valence-electron chi connectivity index (χ4n) is 2.52. The van der Waals surface area contributed by atoms with Crippen LogP contribution < -0.4 is 10.6 Å². The van der Waals surface area contributed by atoms with E-state index in [-0.39, 0.29) is 23.4 Å². The number of hydrogen-bond acceptors (Lipinski definition) is 5. The van der Waals surface area contributed by atoms with Gasteiger partial charge in [0, 0.05) is 13.5 Å². The Labute approximate surface area is 156 Å². The summed E-state index contributed by atoms with van der Waals surface area (Å²) in [5.41, 5.74) is -1.47. The van der Waals surface area contributed by atoms with Crippen molar-refractivity contribution in [2.24, 2.45) is 11.8 Å². The van der Waals surface area contributed by atoms with E-state index in [1.165, 1.54) is 11.9 Å². The molecular weight excluding hydrogens is 334 g/mol. The van der Waals surface area contributed by atoms with Crippen molar-refractivity contribution in [1.82, 2.24) is 15.5 Å². The van der Waals surface area contributed by atoms with E-state index >= 15 is 0 Å². The third-order valence-electron chi connectivity index (χ3n) is 4.06. The van der Waals surface area contributed by atoms with Crippen LogP contribution in [0.5, 0.6) is 0 Å². The van der Waals surface area contributed by atoms with Crippen LogP contribution in [-0.2, 0) is 19.2 Å². The highest BCUT2D eigenvalue weighted by Crippen LogP contribution is 2.16. The van der Waals surface area contributed by atoms with Gasteiger partial charge in [-0.25, -0.2) is 0 Å². The van der Waals surface area contributed by atoms with Gasteiger partial charge in [-0.05, 0) is 24.7 Å². The average Bonchev–Trinajstić information content (AvgIpc) is 2.57. The Morgan fingerprint density at radius 3 is 2.15 bits per heavy atom. The summed E-state index contributed by atoms with van der Waals surface area (Å²) in [6.07, 6.45) is 2.57. The topological polar surface area (TPSA) is 95.6 Å². The first-order valence-electron chi connectivity index (χ1n) is 9.00. The maximum Gasteiger partial charge on any atom is 0.269 e. The van der Waals surface area contributed by atoms with Gasteiger partial charge in [-0.1, -0.05) is 41.2 Å². The molecule has 0 aliphatic carbocycles. The highest BCUT2D eigenvalue weighted by atomic mass is 16.2. The average molecular weight is 367 g/mol. The van der Waals surface area contributed by atoms with Crippen LogP contribution in [0.25, 0.3) is 0 Å². The third-order valence-corrected chi connectivity index (χ3v) is 4.06. The van der Waals surface area contributed by atoms with E-state index in [9.17, 15) is 19.2 Å². The number of aldehydes is 2. The lowest BCUT2D eigenvalue weighted by Gasteiger charge is -2.36. The first kappa shape index (κ1) is 24.0. The predicted octanol–water partition coefficient (Wildman–Crippen LogP) is 1.63. The molecule has 26 heavy (non-hydrogen) atoms. The van der Waals surface area contributed by atoms with Gasteiger partial charge in [0.1, 0.15) is 17.6 Å². The molecule has 0 fully saturated rings. The number of rotatable bonds is 12. The number of carbonyl (C=O) groups excluding carboxylic acids is 4. The van der Waals surface area contributed by atoms with Gasteiger partial charge in [0.15, 0.2) is 6.29 Å². The fraction of sp³-hybridized carbons (Fsp3) is 0.684. The summed E-state index contributed by atoms with van der Waals surface area (Å²) in [7, 11) is 1.47. The van der Waals surface area contributed by atoms with Crippen molar-refractivity contribution in [2.75, 3.05) is 7.05 Å². The molecule has 0 aliphatic heterocycles. The zero-order valence-electron chi connectivity index (χ0n) is 16.8. The van der Waals surface area contributed by atoms with Crippen LogP contribution in [0, 0.1) is 11.8 Å². The quantitative estimate of drug-likeness (QED) is 0.310. The molecule has 0 aliphatic rings. The first-order chi connectivity index (χ1) is 12.0. The number of carbonyl (C=O) groups is 4. The molecule has 0 aromatic rings. The monoisotopic (exact) mass is 367 g/mol. The molecule has 0 aromatic heterocycles. The third kappa shape index (κ3) is 7.07. The number of nitrogens with one attached hydrogen (secondary N) is 2. The summed E-state index contributed by atoms with van der Waals surface area (Å²) in [5.74, 6) is -0.854. The highest BCUT2D eigenvalue weighted by Gasteiger charge is 2.36. The van der Waals surface area contributed by atoms with Crippen molar-refractivity contribution in [2.45, 2.75) is 65.6 Å². The van der Waals surface area contributed by atoms with E-state index in [4.69, 9.17) is 0 Å². The molecule has 0 saturated carbocycles. The minimum atomic E-state index is -1.42. The molecule has 0 rings (SSSR count). The second kappa shape index (κ2) is 10.9. The van der Waals surface area contributed by atoms with E-state index in [2.05, 4.69) is 17.2 Å². The van der Waals surface area contributed by atoms with Gasteiger partial charge in [0.2, 0.25) is 5.91 Å². The Morgan fingerprint density at radius 1 is 1.19 bits per heavy atom. The SMILES string of the molecule is C=C(C(=O)NC(C=O)(CC(C)C)NC(C=O)C(C)C)N(C)C(=O)CCC. The molecule has 2 atom stereocenters. The number of amides is 2. The Bertz CT molecular complexity index is 531. The Kier molecular flexibility index (Phi) is 10.0. The van der Waals surface area contributed by atoms with Crippen LogP contribution in [0.15, 0.2) is 12.3 Å². The summed E-state index contributed by atoms with van der Waals surface area (Å²) in [4.78, 5) is 49.0. The van der Waals surface area contributed by atoms with E-state index in [0.29, 0.717) is 25.5 Å². The molecule has 2 unspecified atom stereocenters. The lowest BCUT2D eigenvalue weighted by molar-refractivity contribution is -0.133. The van der Waals surface area contributed by atoms with Crippen molar-refractivity contribution in [3.63, 3.8) is 0 Å². The number of likely N-dealkylation sites (N-methyl/N-ethyl adjacent to an activating group) is 1. The van der Waals surface area contributed by atoms with Crippen molar-refractivity contribution >= 4 is 24.4 Å². The second-order valence-corrected chi connectivity index (χ2v) is 7.34. The maximum atomic E-state index is 12.6. The van der Waals surface area contributed by atoms with Crippen LogP contribution in [0.2, 0.25) is 0 Å². The molecule has 0 heterocycles. The lowest BCUT2D eigenvalue weighted by Crippen LogP contribution is -2.65. The summed E-state index contributed by atoms with van der Waals surface area (Å²) in [6, 6.07) is -0.605. The van der Waals surface area contributed by atoms with Gasteiger partial charge < -0.3 is 15.0 Å². The van der Waals surface area contributed by atoms with Crippen LogP contribution >= 0.6 is 0 Å². The molecule has 148 valence electrons. The lowest BCUT2D eigenvalue weighted by atomic mass is 9.95. The molecule has 0 spiro atoms. The van der Waals surface area contributed by atoms with E-state index < -0.39 is 17.6 Å². The maximum absolute atomic E-state index is 12.6. The largest absolute Gasteiger partial charge is 0.326 e. The van der Waals surface area contributed by atoms with E-state index in [1.807, 2.05) is 34.6 Å². The molecule has 0 radical (unpaired) electrons. The Hall–Kier alpha value is -2.02. The molecule has 7 heteroatoms. The van der Waals surface area contributed by atoms with E-state index in [1.54, 1.807) is 0 Å². The van der Waals surface area contributed by atoms with Crippen molar-refractivity contribution < 1.29 is 19.2 Å². The van der Waals surface area contributed by atoms with Crippen LogP contribution in [0.4, 0.5) is 0 Å². The molecule has 0 saturated heterocycles. The molecular formula is C19H33N3O4. The summed E-state index contributed by atoms with van der Waals surface area (Å²) >= 11 is 0. The first-order valence-corrected chi connectivity index (χ1v) is 9.00. The summed E-state index contributed by atoms with van der Waals surface area (Å²) < 4.78 is 0. The smallest absolute Gasteiger partial charge is 0.269 e. The minimum Gasteiger partial charge on any atom is -0.326 e. The normalized spacial score (nSPS) is 14.5. The van der Waals surface area contributed by atoms with Crippen LogP contribution in [-0.4, -0.2) is 48.0 Å². The van der Waals surface area contributed by atoms with Crippen molar-refractivity contribution in [1.29, 1.82) is 0 Å². The van der Waals surface area contributed by atoms with Crippen molar-refractivity contribution in [3.8, 4) is 0 Å². The van der Waals surface area contributed by atoms with Gasteiger partial charge in [-0.15, -0.1) is 0 Å². The number of nitrogens with zero attached hydrogens (tertiary/aromatic N) is 1. The molecule has 2 amide bonds. The zero-order chi connectivity index (χ0) is 20.5. The minimum absolute atomic E-state index is 0.0487. The second-order valence-electron chi connectivity index (χ2n) is 7.34. The molecule has 2 N–H and O–H groups in total. The standard InChI is InChI=1S/C19H33N3O4/c1-8-9-17(25)22(7)15(6)18(26)21-19(12-24,10-13(2)3)20-16(11-23)14(4)5/h11-14,16,20H,6,8-10H2,1-5,7H3,(H,21,26). The van der Waals surface area contributed by atoms with Crippen LogP contribution in [0.1, 0.15) is 53.9 Å². The van der Waals surface area contributed by atoms with E-state index in [0.717, 1.165) is 6.29 Å². The Balaban J connectivity index is 5.48. The van der Waals surface area contributed by atoms with Gasteiger partial charge in [0.25, 0.3) is 5.91 Å². The molecule has 0 aromatic carbocycles. The fourth-order valence-corrected chi connectivity index (χ4v) is 2.52. The van der Waals surface area contributed by atoms with Gasteiger partial charge in [-0.3, -0.25) is 19.7 Å². The number of hydrogen-bond donors (Lipinski definition) is 2. The highest BCUT2D eigenvalue weighted by molar-refractivity contribution is 5.98. The van der Waals surface area contributed by atoms with Crippen LogP contribution in [0.3, 0.4) is 0 Å². The Morgan fingerprint density at radius 2 is 1.77 bits per heavy atom. The van der Waals surface area contributed by atoms with Gasteiger partial charge >= 0.3 is 0 Å². The predicted molar refractivity (Wildman–Crippen MR) is 101 cm³/mol. The van der Waals surface area contributed by atoms with Crippen molar-refractivity contribution in [3.05, 3.63) is 12.3 Å². The van der Waals surface area contributed by atoms with Gasteiger partial charge in [0.05, 0.1) is 6.04 Å². The van der Waals surface area contributed by atoms with Gasteiger partial charge in [-0.2, -0.15) is 0 Å². The zero-order valence-corrected chi connectivity index (χ0v) is 16.8. The summed E-state index contributed by atoms with van der Waals surface area (Å²) in [6.45, 7) is 13.0. The molecule has 7 nitrogen and oxygen atoms in total.